The van der Waals surface area contributed by atoms with E-state index in [1.165, 1.54) is 0 Å². The molecule has 1 unspecified atom stereocenters. The second-order valence-corrected chi connectivity index (χ2v) is 7.74. The van der Waals surface area contributed by atoms with Gasteiger partial charge in [0.2, 0.25) is 17.6 Å². The lowest BCUT2D eigenvalue weighted by Crippen LogP contribution is -2.52. The van der Waals surface area contributed by atoms with E-state index < -0.39 is 0 Å². The van der Waals surface area contributed by atoms with Gasteiger partial charge in [-0.3, -0.25) is 14.6 Å². The first-order valence-corrected chi connectivity index (χ1v) is 10.0. The Kier molecular flexibility index (Phi) is 5.51. The fourth-order valence-corrected chi connectivity index (χ4v) is 3.80. The Morgan fingerprint density at radius 3 is 2.79 bits per heavy atom. The number of hydrogen-bond acceptors (Lipinski definition) is 9. The van der Waals surface area contributed by atoms with Gasteiger partial charge in [0.1, 0.15) is 5.76 Å². The first-order valence-electron chi connectivity index (χ1n) is 9.15. The summed E-state index contributed by atoms with van der Waals surface area (Å²) in [6.45, 7) is 7.55. The van der Waals surface area contributed by atoms with Crippen LogP contribution in [-0.2, 0) is 11.3 Å². The molecule has 1 N–H and O–H groups in total. The molecule has 10 heteroatoms. The molecule has 0 aromatic carbocycles. The molecule has 9 nitrogen and oxygen atoms in total. The van der Waals surface area contributed by atoms with E-state index in [1.807, 2.05) is 24.4 Å². The van der Waals surface area contributed by atoms with Crippen LogP contribution in [0.25, 0.3) is 10.7 Å². The van der Waals surface area contributed by atoms with Crippen LogP contribution in [0.15, 0.2) is 32.6 Å². The average molecular weight is 402 g/mol. The number of anilines is 1. The van der Waals surface area contributed by atoms with E-state index in [1.54, 1.807) is 24.3 Å². The maximum atomic E-state index is 12.4. The zero-order chi connectivity index (χ0) is 19.5. The van der Waals surface area contributed by atoms with Gasteiger partial charge in [-0.1, -0.05) is 16.4 Å². The molecule has 3 aromatic rings. The van der Waals surface area contributed by atoms with Gasteiger partial charge in [-0.25, -0.2) is 0 Å². The summed E-state index contributed by atoms with van der Waals surface area (Å²) in [6.07, 6.45) is 0. The Bertz CT molecular complexity index is 914. The number of amides is 1. The van der Waals surface area contributed by atoms with Crippen LogP contribution in [0.4, 0.5) is 5.82 Å². The van der Waals surface area contributed by atoms with Gasteiger partial charge in [0, 0.05) is 32.2 Å². The molecule has 0 radical (unpaired) electrons. The van der Waals surface area contributed by atoms with E-state index in [9.17, 15) is 4.79 Å². The van der Waals surface area contributed by atoms with Gasteiger partial charge in [0.25, 0.3) is 0 Å². The topological polar surface area (TPSA) is 101 Å². The number of aryl methyl sites for hydroxylation is 1. The number of nitrogens with one attached hydrogen (secondary N) is 1. The molecule has 1 aliphatic rings. The highest BCUT2D eigenvalue weighted by atomic mass is 32.1. The number of nitrogens with zero attached hydrogens (tertiary/aromatic N) is 5. The van der Waals surface area contributed by atoms with Crippen molar-refractivity contribution in [1.82, 2.24) is 25.1 Å². The summed E-state index contributed by atoms with van der Waals surface area (Å²) >= 11 is 1.59. The molecule has 1 saturated heterocycles. The SMILES string of the molecule is Cc1cc(NC(=O)C(C)N2CCN(Cc3nc(-c4cccs4)no3)CC2)no1. The molecule has 1 aliphatic heterocycles. The molecule has 0 spiro atoms. The minimum Gasteiger partial charge on any atom is -0.360 e. The molecule has 4 rings (SSSR count). The summed E-state index contributed by atoms with van der Waals surface area (Å²) in [5.41, 5.74) is 0. The van der Waals surface area contributed by atoms with Gasteiger partial charge in [-0.05, 0) is 25.3 Å². The molecule has 1 amide bonds. The molecule has 4 heterocycles. The molecular formula is C18H22N6O3S. The summed E-state index contributed by atoms with van der Waals surface area (Å²) < 4.78 is 10.4. The third kappa shape index (κ3) is 4.29. The van der Waals surface area contributed by atoms with E-state index in [0.717, 1.165) is 31.1 Å². The van der Waals surface area contributed by atoms with Crippen LogP contribution in [-0.4, -0.2) is 63.2 Å². The standard InChI is InChI=1S/C18H22N6O3S/c1-12-10-15(21-26-12)19-18(25)13(2)24-7-5-23(6-8-24)11-16-20-17(22-27-16)14-4-3-9-28-14/h3-4,9-10,13H,5-8,11H2,1-2H3,(H,19,21,25). The number of carbonyl (C=O) groups excluding carboxylic acids is 1. The predicted octanol–water partition coefficient (Wildman–Crippen LogP) is 2.24. The molecule has 148 valence electrons. The van der Waals surface area contributed by atoms with Gasteiger partial charge in [-0.15, -0.1) is 11.3 Å². The predicted molar refractivity (Wildman–Crippen MR) is 104 cm³/mol. The highest BCUT2D eigenvalue weighted by Crippen LogP contribution is 2.22. The second kappa shape index (κ2) is 8.21. The maximum Gasteiger partial charge on any atom is 0.242 e. The highest BCUT2D eigenvalue weighted by molar-refractivity contribution is 7.13. The minimum absolute atomic E-state index is 0.0840. The highest BCUT2D eigenvalue weighted by Gasteiger charge is 2.27. The minimum atomic E-state index is -0.243. The number of piperazine rings is 1. The van der Waals surface area contributed by atoms with Crippen LogP contribution in [0, 0.1) is 6.92 Å². The van der Waals surface area contributed by atoms with Crippen LogP contribution >= 0.6 is 11.3 Å². The summed E-state index contributed by atoms with van der Waals surface area (Å²) in [6, 6.07) is 5.41. The lowest BCUT2D eigenvalue weighted by molar-refractivity contribution is -0.121. The van der Waals surface area contributed by atoms with Crippen molar-refractivity contribution in [3.63, 3.8) is 0 Å². The van der Waals surface area contributed by atoms with Crippen LogP contribution in [0.2, 0.25) is 0 Å². The molecule has 3 aromatic heterocycles. The van der Waals surface area contributed by atoms with Crippen molar-refractivity contribution in [3.8, 4) is 10.7 Å². The van der Waals surface area contributed by atoms with Crippen molar-refractivity contribution in [2.24, 2.45) is 0 Å². The van der Waals surface area contributed by atoms with Crippen molar-refractivity contribution in [2.45, 2.75) is 26.4 Å². The van der Waals surface area contributed by atoms with Crippen molar-refractivity contribution in [2.75, 3.05) is 31.5 Å². The molecule has 0 saturated carbocycles. The quantitative estimate of drug-likeness (QED) is 0.670. The second-order valence-electron chi connectivity index (χ2n) is 6.79. The maximum absolute atomic E-state index is 12.4. The van der Waals surface area contributed by atoms with E-state index in [0.29, 0.717) is 29.8 Å². The molecule has 0 bridgehead atoms. The van der Waals surface area contributed by atoms with E-state index in [-0.39, 0.29) is 11.9 Å². The summed E-state index contributed by atoms with van der Waals surface area (Å²) in [7, 11) is 0. The van der Waals surface area contributed by atoms with Crippen LogP contribution in [0.3, 0.4) is 0 Å². The molecular weight excluding hydrogens is 380 g/mol. The van der Waals surface area contributed by atoms with Crippen molar-refractivity contribution in [3.05, 3.63) is 35.2 Å². The largest absolute Gasteiger partial charge is 0.360 e. The van der Waals surface area contributed by atoms with Crippen LogP contribution in [0.1, 0.15) is 18.6 Å². The summed E-state index contributed by atoms with van der Waals surface area (Å²) in [4.78, 5) is 22.3. The Morgan fingerprint density at radius 1 is 1.29 bits per heavy atom. The lowest BCUT2D eigenvalue weighted by atomic mass is 10.2. The Hall–Kier alpha value is -2.56. The first kappa shape index (κ1) is 18.8. The number of rotatable bonds is 6. The van der Waals surface area contributed by atoms with Crippen molar-refractivity contribution in [1.29, 1.82) is 0 Å². The Balaban J connectivity index is 1.26. The molecule has 28 heavy (non-hydrogen) atoms. The van der Waals surface area contributed by atoms with Crippen molar-refractivity contribution < 1.29 is 13.8 Å². The zero-order valence-corrected chi connectivity index (χ0v) is 16.6. The third-order valence-corrected chi connectivity index (χ3v) is 5.65. The van der Waals surface area contributed by atoms with E-state index >= 15 is 0 Å². The molecule has 1 fully saturated rings. The first-order chi connectivity index (χ1) is 13.6. The summed E-state index contributed by atoms with van der Waals surface area (Å²) in [5.74, 6) is 2.28. The number of thiophene rings is 1. The van der Waals surface area contributed by atoms with Crippen molar-refractivity contribution >= 4 is 23.1 Å². The normalized spacial score (nSPS) is 16.9. The Morgan fingerprint density at radius 2 is 2.11 bits per heavy atom. The zero-order valence-electron chi connectivity index (χ0n) is 15.8. The van der Waals surface area contributed by atoms with Crippen LogP contribution < -0.4 is 5.32 Å². The monoisotopic (exact) mass is 402 g/mol. The summed E-state index contributed by atoms with van der Waals surface area (Å²) in [5, 5.41) is 12.6. The number of carbonyl (C=O) groups is 1. The van der Waals surface area contributed by atoms with Gasteiger partial charge in [0.05, 0.1) is 17.5 Å². The molecule has 0 aliphatic carbocycles. The van der Waals surface area contributed by atoms with Gasteiger partial charge in [0.15, 0.2) is 5.82 Å². The van der Waals surface area contributed by atoms with Crippen LogP contribution in [0.5, 0.6) is 0 Å². The number of hydrogen-bond donors (Lipinski definition) is 1. The molecule has 1 atom stereocenters. The Labute approximate surface area is 166 Å². The van der Waals surface area contributed by atoms with E-state index in [4.69, 9.17) is 9.05 Å². The smallest absolute Gasteiger partial charge is 0.242 e. The van der Waals surface area contributed by atoms with Gasteiger partial charge >= 0.3 is 0 Å². The van der Waals surface area contributed by atoms with Gasteiger partial charge in [-0.2, -0.15) is 4.98 Å². The fraction of sp³-hybridized carbons (Fsp3) is 0.444. The van der Waals surface area contributed by atoms with Gasteiger partial charge < -0.3 is 14.4 Å². The lowest BCUT2D eigenvalue weighted by Gasteiger charge is -2.36. The van der Waals surface area contributed by atoms with E-state index in [2.05, 4.69) is 30.4 Å². The third-order valence-electron chi connectivity index (χ3n) is 4.78. The average Bonchev–Trinajstić information content (AvgIpc) is 3.44. The number of aromatic nitrogens is 3. The fourth-order valence-electron chi connectivity index (χ4n) is 3.15.